The van der Waals surface area contributed by atoms with Crippen molar-refractivity contribution in [2.24, 2.45) is 22.9 Å². The van der Waals surface area contributed by atoms with E-state index in [4.69, 9.17) is 5.53 Å². The van der Waals surface area contributed by atoms with Crippen molar-refractivity contribution in [2.45, 2.75) is 70.9 Å². The molecule has 0 aliphatic heterocycles. The maximum absolute atomic E-state index is 11.2. The Labute approximate surface area is 126 Å². The fourth-order valence-electron chi connectivity index (χ4n) is 3.19. The normalized spacial score (nSPS) is 20.6. The van der Waals surface area contributed by atoms with Crippen LogP contribution in [0.2, 0.25) is 0 Å². The van der Waals surface area contributed by atoms with E-state index in [9.17, 15) is 15.0 Å². The number of carboxylic acid groups (broad SMARTS) is 1. The number of hydrogen-bond acceptors (Lipinski definition) is 3. The van der Waals surface area contributed by atoms with Gasteiger partial charge in [-0.1, -0.05) is 51.1 Å². The number of nitrogens with zero attached hydrogens (tertiary/aromatic N) is 3. The number of azide groups is 1. The van der Waals surface area contributed by atoms with Crippen molar-refractivity contribution >= 4 is 5.97 Å². The van der Waals surface area contributed by atoms with E-state index < -0.39 is 24.0 Å². The summed E-state index contributed by atoms with van der Waals surface area (Å²) in [5.74, 6) is -1.09. The van der Waals surface area contributed by atoms with Gasteiger partial charge in [-0.25, -0.2) is 0 Å². The second-order valence-electron chi connectivity index (χ2n) is 6.50. The minimum atomic E-state index is -0.901. The molecule has 0 spiro atoms. The minimum Gasteiger partial charge on any atom is -0.481 e. The molecule has 1 aliphatic rings. The number of aliphatic hydroxyl groups is 1. The van der Waals surface area contributed by atoms with Gasteiger partial charge in [-0.3, -0.25) is 4.79 Å². The number of aliphatic carboxylic acids is 1. The molecule has 1 aliphatic carbocycles. The van der Waals surface area contributed by atoms with E-state index in [2.05, 4.69) is 10.0 Å². The molecule has 1 fully saturated rings. The number of aliphatic hydroxyl groups excluding tert-OH is 1. The molecule has 0 amide bonds. The fraction of sp³-hybridized carbons (Fsp3) is 0.933. The minimum absolute atomic E-state index is 0.0569. The SMILES string of the molecule is CC(C)[C@H](C[C@H](O)[C@H](CC1CCCCC1)N=[N+]=[N-])C(=O)O. The third kappa shape index (κ3) is 5.94. The van der Waals surface area contributed by atoms with Crippen LogP contribution >= 0.6 is 0 Å². The highest BCUT2D eigenvalue weighted by Crippen LogP contribution is 2.30. The molecule has 0 bridgehead atoms. The van der Waals surface area contributed by atoms with E-state index >= 15 is 0 Å². The van der Waals surface area contributed by atoms with Crippen LogP contribution < -0.4 is 0 Å². The molecule has 0 heterocycles. The molecule has 1 rings (SSSR count). The Kier molecular flexibility index (Phi) is 7.54. The van der Waals surface area contributed by atoms with E-state index in [1.807, 2.05) is 13.8 Å². The largest absolute Gasteiger partial charge is 0.481 e. The lowest BCUT2D eigenvalue weighted by molar-refractivity contribution is -0.144. The Balaban J connectivity index is 2.65. The molecule has 120 valence electrons. The maximum atomic E-state index is 11.2. The summed E-state index contributed by atoms with van der Waals surface area (Å²) < 4.78 is 0. The van der Waals surface area contributed by atoms with Gasteiger partial charge >= 0.3 is 5.97 Å². The van der Waals surface area contributed by atoms with Gasteiger partial charge in [-0.2, -0.15) is 0 Å². The fourth-order valence-corrected chi connectivity index (χ4v) is 3.19. The molecule has 0 saturated heterocycles. The van der Waals surface area contributed by atoms with Crippen LogP contribution in [0.5, 0.6) is 0 Å². The lowest BCUT2D eigenvalue weighted by atomic mass is 9.81. The highest BCUT2D eigenvalue weighted by atomic mass is 16.4. The average molecular weight is 297 g/mol. The predicted molar refractivity (Wildman–Crippen MR) is 80.7 cm³/mol. The van der Waals surface area contributed by atoms with Gasteiger partial charge in [-0.05, 0) is 30.2 Å². The third-order valence-corrected chi connectivity index (χ3v) is 4.56. The number of carboxylic acids is 1. The molecule has 0 aromatic carbocycles. The molecular weight excluding hydrogens is 270 g/mol. The van der Waals surface area contributed by atoms with Crippen LogP contribution in [-0.4, -0.2) is 28.3 Å². The van der Waals surface area contributed by atoms with Crippen molar-refractivity contribution < 1.29 is 15.0 Å². The second kappa shape index (κ2) is 8.90. The second-order valence-corrected chi connectivity index (χ2v) is 6.50. The van der Waals surface area contributed by atoms with E-state index in [0.29, 0.717) is 12.3 Å². The van der Waals surface area contributed by atoms with Crippen LogP contribution in [0.15, 0.2) is 5.11 Å². The highest BCUT2D eigenvalue weighted by molar-refractivity contribution is 5.70. The van der Waals surface area contributed by atoms with E-state index in [1.54, 1.807) is 0 Å². The molecule has 1 saturated carbocycles. The lowest BCUT2D eigenvalue weighted by Gasteiger charge is -2.28. The zero-order valence-electron chi connectivity index (χ0n) is 13.0. The van der Waals surface area contributed by atoms with Crippen LogP contribution in [0, 0.1) is 17.8 Å². The maximum Gasteiger partial charge on any atom is 0.306 e. The Morgan fingerprint density at radius 2 is 1.95 bits per heavy atom. The summed E-state index contributed by atoms with van der Waals surface area (Å²) in [7, 11) is 0. The Bertz CT molecular complexity index is 374. The zero-order chi connectivity index (χ0) is 15.8. The molecule has 6 nitrogen and oxygen atoms in total. The molecular formula is C15H27N3O3. The highest BCUT2D eigenvalue weighted by Gasteiger charge is 2.30. The van der Waals surface area contributed by atoms with E-state index in [0.717, 1.165) is 12.8 Å². The van der Waals surface area contributed by atoms with E-state index in [-0.39, 0.29) is 12.3 Å². The van der Waals surface area contributed by atoms with Crippen molar-refractivity contribution in [2.75, 3.05) is 0 Å². The Morgan fingerprint density at radius 3 is 2.43 bits per heavy atom. The monoisotopic (exact) mass is 297 g/mol. The predicted octanol–water partition coefficient (Wildman–Crippen LogP) is 3.74. The zero-order valence-corrected chi connectivity index (χ0v) is 13.0. The third-order valence-electron chi connectivity index (χ3n) is 4.56. The molecule has 6 heteroatoms. The summed E-state index contributed by atoms with van der Waals surface area (Å²) >= 11 is 0. The van der Waals surface area contributed by atoms with Crippen LogP contribution in [-0.2, 0) is 4.79 Å². The van der Waals surface area contributed by atoms with Crippen molar-refractivity contribution in [1.82, 2.24) is 0 Å². The smallest absolute Gasteiger partial charge is 0.306 e. The van der Waals surface area contributed by atoms with Crippen molar-refractivity contribution in [3.63, 3.8) is 0 Å². The van der Waals surface area contributed by atoms with Crippen LogP contribution in [0.4, 0.5) is 0 Å². The molecule has 0 unspecified atom stereocenters. The van der Waals surface area contributed by atoms with Crippen molar-refractivity contribution in [3.05, 3.63) is 10.4 Å². The van der Waals surface area contributed by atoms with Gasteiger partial charge in [-0.15, -0.1) is 0 Å². The van der Waals surface area contributed by atoms with Gasteiger partial charge < -0.3 is 10.2 Å². The first-order valence-electron chi connectivity index (χ1n) is 7.90. The first-order valence-corrected chi connectivity index (χ1v) is 7.90. The topological polar surface area (TPSA) is 106 Å². The quantitative estimate of drug-likeness (QED) is 0.405. The van der Waals surface area contributed by atoms with Gasteiger partial charge in [0, 0.05) is 4.91 Å². The Hall–Kier alpha value is -1.26. The first kappa shape index (κ1) is 17.8. The number of carbonyl (C=O) groups is 1. The molecule has 2 N–H and O–H groups in total. The summed E-state index contributed by atoms with van der Waals surface area (Å²) in [6.45, 7) is 3.66. The van der Waals surface area contributed by atoms with Crippen LogP contribution in [0.1, 0.15) is 58.8 Å². The van der Waals surface area contributed by atoms with Gasteiger partial charge in [0.1, 0.15) is 0 Å². The Morgan fingerprint density at radius 1 is 1.33 bits per heavy atom. The molecule has 0 aromatic heterocycles. The summed E-state index contributed by atoms with van der Waals surface area (Å²) in [5, 5.41) is 23.2. The van der Waals surface area contributed by atoms with Crippen LogP contribution in [0.25, 0.3) is 10.4 Å². The molecule has 3 atom stereocenters. The van der Waals surface area contributed by atoms with Crippen molar-refractivity contribution in [3.8, 4) is 0 Å². The summed E-state index contributed by atoms with van der Waals surface area (Å²) in [4.78, 5) is 14.1. The van der Waals surface area contributed by atoms with Crippen molar-refractivity contribution in [1.29, 1.82) is 0 Å². The van der Waals surface area contributed by atoms with Gasteiger partial charge in [0.05, 0.1) is 18.1 Å². The molecule has 0 aromatic rings. The average Bonchev–Trinajstić information content (AvgIpc) is 2.44. The van der Waals surface area contributed by atoms with Gasteiger partial charge in [0.15, 0.2) is 0 Å². The standard InChI is InChI=1S/C15H27N3O3/c1-10(2)12(15(20)21)9-14(19)13(17-18-16)8-11-6-4-3-5-7-11/h10-14,19H,3-9H2,1-2H3,(H,20,21)/t12-,13-,14-/m0/s1. The van der Waals surface area contributed by atoms with Gasteiger partial charge in [0.2, 0.25) is 0 Å². The van der Waals surface area contributed by atoms with E-state index in [1.165, 1.54) is 19.3 Å². The molecule has 0 radical (unpaired) electrons. The lowest BCUT2D eigenvalue weighted by Crippen LogP contribution is -2.33. The summed E-state index contributed by atoms with van der Waals surface area (Å²) in [6.07, 6.45) is 5.76. The summed E-state index contributed by atoms with van der Waals surface area (Å²) in [5.41, 5.74) is 8.70. The van der Waals surface area contributed by atoms with Crippen LogP contribution in [0.3, 0.4) is 0 Å². The molecule has 21 heavy (non-hydrogen) atoms. The summed E-state index contributed by atoms with van der Waals surface area (Å²) in [6, 6.07) is -0.515. The van der Waals surface area contributed by atoms with Gasteiger partial charge in [0.25, 0.3) is 0 Å². The number of hydrogen-bond donors (Lipinski definition) is 2. The number of rotatable bonds is 8. The first-order chi connectivity index (χ1) is 9.95.